The molecule has 98 valence electrons. The maximum absolute atomic E-state index is 12.3. The summed E-state index contributed by atoms with van der Waals surface area (Å²) in [6.45, 7) is 3.18. The van der Waals surface area contributed by atoms with Crippen LogP contribution >= 0.6 is 0 Å². The van der Waals surface area contributed by atoms with Gasteiger partial charge in [-0.25, -0.2) is 0 Å². The highest BCUT2D eigenvalue weighted by Crippen LogP contribution is 2.16. The van der Waals surface area contributed by atoms with E-state index < -0.39 is 0 Å². The van der Waals surface area contributed by atoms with Crippen molar-refractivity contribution in [3.8, 4) is 0 Å². The average Bonchev–Trinajstić information content (AvgIpc) is 2.38. The van der Waals surface area contributed by atoms with E-state index in [4.69, 9.17) is 0 Å². The van der Waals surface area contributed by atoms with Crippen molar-refractivity contribution in [1.29, 1.82) is 0 Å². The number of hydrogen-bond donors (Lipinski definition) is 1. The number of rotatable bonds is 2. The van der Waals surface area contributed by atoms with E-state index >= 15 is 0 Å². The predicted octanol–water partition coefficient (Wildman–Crippen LogP) is 0.681. The molecular weight excluding hydrogens is 214 g/mol. The molecule has 1 amide bonds. The Hall–Kier alpha value is -0.610. The van der Waals surface area contributed by atoms with E-state index in [9.17, 15) is 4.79 Å². The van der Waals surface area contributed by atoms with Gasteiger partial charge in [-0.05, 0) is 45.8 Å². The summed E-state index contributed by atoms with van der Waals surface area (Å²) in [7, 11) is 4.12. The quantitative estimate of drug-likeness (QED) is 0.770. The number of nitrogens with zero attached hydrogens (tertiary/aromatic N) is 2. The first-order chi connectivity index (χ1) is 8.18. The van der Waals surface area contributed by atoms with Crippen molar-refractivity contribution in [2.45, 2.75) is 44.2 Å². The Kier molecular flexibility index (Phi) is 4.40. The summed E-state index contributed by atoms with van der Waals surface area (Å²) in [5.41, 5.74) is 0. The second-order valence-corrected chi connectivity index (χ2v) is 5.51. The van der Waals surface area contributed by atoms with Gasteiger partial charge in [-0.2, -0.15) is 0 Å². The number of hydrogen-bond acceptors (Lipinski definition) is 3. The maximum atomic E-state index is 12.3. The highest BCUT2D eigenvalue weighted by Gasteiger charge is 2.29. The third kappa shape index (κ3) is 3.19. The molecule has 0 aliphatic carbocycles. The number of likely N-dealkylation sites (N-methyl/N-ethyl adjacent to an activating group) is 2. The zero-order valence-electron chi connectivity index (χ0n) is 11.1. The standard InChI is InChI=1S/C13H25N3O/c1-15-9-5-6-11(10-15)16(2)13(17)12-7-3-4-8-14-12/h11-12,14H,3-10H2,1-2H3/t11?,12-/m1/s1. The average molecular weight is 239 g/mol. The second-order valence-electron chi connectivity index (χ2n) is 5.51. The molecular formula is C13H25N3O. The van der Waals surface area contributed by atoms with Crippen LogP contribution in [0.2, 0.25) is 0 Å². The third-order valence-corrected chi connectivity index (χ3v) is 4.10. The molecule has 17 heavy (non-hydrogen) atoms. The van der Waals surface area contributed by atoms with Gasteiger partial charge < -0.3 is 15.1 Å². The number of carbonyl (C=O) groups is 1. The Bertz CT molecular complexity index is 263. The minimum absolute atomic E-state index is 0.0704. The highest BCUT2D eigenvalue weighted by molar-refractivity contribution is 5.82. The Morgan fingerprint density at radius 2 is 2.12 bits per heavy atom. The molecule has 0 aromatic carbocycles. The van der Waals surface area contributed by atoms with E-state index in [2.05, 4.69) is 17.3 Å². The van der Waals surface area contributed by atoms with Crippen molar-refractivity contribution >= 4 is 5.91 Å². The molecule has 2 aliphatic rings. The van der Waals surface area contributed by atoms with E-state index in [1.165, 1.54) is 25.8 Å². The number of piperidine rings is 2. The lowest BCUT2D eigenvalue weighted by atomic mass is 10.0. The molecule has 2 atom stereocenters. The maximum Gasteiger partial charge on any atom is 0.239 e. The molecule has 0 aromatic heterocycles. The minimum Gasteiger partial charge on any atom is -0.340 e. The zero-order valence-corrected chi connectivity index (χ0v) is 11.1. The van der Waals surface area contributed by atoms with Gasteiger partial charge in [0, 0.05) is 19.6 Å². The first-order valence-corrected chi connectivity index (χ1v) is 6.87. The summed E-state index contributed by atoms with van der Waals surface area (Å²) >= 11 is 0. The molecule has 2 heterocycles. The van der Waals surface area contributed by atoms with Crippen molar-refractivity contribution in [2.75, 3.05) is 33.7 Å². The molecule has 2 saturated heterocycles. The number of likely N-dealkylation sites (tertiary alicyclic amines) is 1. The van der Waals surface area contributed by atoms with Crippen LogP contribution in [0.4, 0.5) is 0 Å². The lowest BCUT2D eigenvalue weighted by molar-refractivity contribution is -0.135. The Morgan fingerprint density at radius 3 is 2.76 bits per heavy atom. The van der Waals surface area contributed by atoms with E-state index in [-0.39, 0.29) is 6.04 Å². The molecule has 0 spiro atoms. The van der Waals surface area contributed by atoms with Crippen LogP contribution in [-0.2, 0) is 4.79 Å². The first kappa shape index (κ1) is 12.8. The van der Waals surface area contributed by atoms with Crippen LogP contribution in [-0.4, -0.2) is 61.5 Å². The molecule has 0 aromatic rings. The van der Waals surface area contributed by atoms with Crippen LogP contribution in [0.15, 0.2) is 0 Å². The van der Waals surface area contributed by atoms with Crippen molar-refractivity contribution in [1.82, 2.24) is 15.1 Å². The van der Waals surface area contributed by atoms with Crippen molar-refractivity contribution in [3.63, 3.8) is 0 Å². The van der Waals surface area contributed by atoms with Gasteiger partial charge in [0.1, 0.15) is 0 Å². The minimum atomic E-state index is 0.0704. The Morgan fingerprint density at radius 1 is 1.29 bits per heavy atom. The fraction of sp³-hybridized carbons (Fsp3) is 0.923. The molecule has 1 N–H and O–H groups in total. The summed E-state index contributed by atoms with van der Waals surface area (Å²) in [5, 5.41) is 3.35. The van der Waals surface area contributed by atoms with Crippen LogP contribution in [0.3, 0.4) is 0 Å². The van der Waals surface area contributed by atoms with Gasteiger partial charge >= 0.3 is 0 Å². The molecule has 1 unspecified atom stereocenters. The van der Waals surface area contributed by atoms with Gasteiger partial charge in [0.2, 0.25) is 5.91 Å². The lowest BCUT2D eigenvalue weighted by Gasteiger charge is -2.38. The largest absolute Gasteiger partial charge is 0.340 e. The molecule has 2 fully saturated rings. The van der Waals surface area contributed by atoms with E-state index in [1.54, 1.807) is 0 Å². The smallest absolute Gasteiger partial charge is 0.239 e. The third-order valence-electron chi connectivity index (χ3n) is 4.10. The number of amides is 1. The zero-order chi connectivity index (χ0) is 12.3. The van der Waals surface area contributed by atoms with Crippen LogP contribution in [0.25, 0.3) is 0 Å². The normalized spacial score (nSPS) is 31.2. The van der Waals surface area contributed by atoms with Gasteiger partial charge in [-0.15, -0.1) is 0 Å². The fourth-order valence-electron chi connectivity index (χ4n) is 2.94. The molecule has 2 aliphatic heterocycles. The molecule has 0 bridgehead atoms. The number of carbonyl (C=O) groups excluding carboxylic acids is 1. The van der Waals surface area contributed by atoms with Crippen LogP contribution in [0.5, 0.6) is 0 Å². The fourth-order valence-corrected chi connectivity index (χ4v) is 2.94. The summed E-state index contributed by atoms with van der Waals surface area (Å²) < 4.78 is 0. The topological polar surface area (TPSA) is 35.6 Å². The summed E-state index contributed by atoms with van der Waals surface area (Å²) in [6.07, 6.45) is 5.75. The van der Waals surface area contributed by atoms with Crippen LogP contribution in [0.1, 0.15) is 32.1 Å². The van der Waals surface area contributed by atoms with Gasteiger partial charge in [-0.3, -0.25) is 4.79 Å². The van der Waals surface area contributed by atoms with Gasteiger partial charge in [-0.1, -0.05) is 6.42 Å². The molecule has 4 heteroatoms. The number of nitrogens with one attached hydrogen (secondary N) is 1. The predicted molar refractivity (Wildman–Crippen MR) is 68.9 cm³/mol. The van der Waals surface area contributed by atoms with E-state index in [0.29, 0.717) is 11.9 Å². The second kappa shape index (κ2) is 5.83. The molecule has 2 rings (SSSR count). The van der Waals surface area contributed by atoms with Gasteiger partial charge in [0.05, 0.1) is 6.04 Å². The van der Waals surface area contributed by atoms with Gasteiger partial charge in [0.15, 0.2) is 0 Å². The summed E-state index contributed by atoms with van der Waals surface area (Å²) in [6, 6.07) is 0.478. The van der Waals surface area contributed by atoms with Crippen molar-refractivity contribution < 1.29 is 4.79 Å². The Labute approximate surface area is 104 Å². The molecule has 0 radical (unpaired) electrons. The molecule has 4 nitrogen and oxygen atoms in total. The van der Waals surface area contributed by atoms with Gasteiger partial charge in [0.25, 0.3) is 0 Å². The lowest BCUT2D eigenvalue weighted by Crippen LogP contribution is -2.53. The van der Waals surface area contributed by atoms with Crippen LogP contribution in [0, 0.1) is 0 Å². The van der Waals surface area contributed by atoms with E-state index in [0.717, 1.165) is 25.9 Å². The summed E-state index contributed by atoms with van der Waals surface area (Å²) in [4.78, 5) is 16.7. The van der Waals surface area contributed by atoms with Crippen molar-refractivity contribution in [2.24, 2.45) is 0 Å². The Balaban J connectivity index is 1.89. The monoisotopic (exact) mass is 239 g/mol. The highest BCUT2D eigenvalue weighted by atomic mass is 16.2. The van der Waals surface area contributed by atoms with E-state index in [1.807, 2.05) is 11.9 Å². The SMILES string of the molecule is CN1CCCC(N(C)C(=O)[C@H]2CCCCN2)C1. The van der Waals surface area contributed by atoms with Crippen LogP contribution < -0.4 is 5.32 Å². The first-order valence-electron chi connectivity index (χ1n) is 6.87. The molecule has 0 saturated carbocycles. The summed E-state index contributed by atoms with van der Waals surface area (Å²) in [5.74, 6) is 0.296. The van der Waals surface area contributed by atoms with Crippen molar-refractivity contribution in [3.05, 3.63) is 0 Å².